The topological polar surface area (TPSA) is 81.1 Å². The lowest BCUT2D eigenvalue weighted by Gasteiger charge is -1.99. The summed E-state index contributed by atoms with van der Waals surface area (Å²) in [6, 6.07) is 2.97. The Kier molecular flexibility index (Phi) is 18.3. The summed E-state index contributed by atoms with van der Waals surface area (Å²) >= 11 is 0. The molecule has 0 heterocycles. The molecule has 17 heavy (non-hydrogen) atoms. The first-order valence-corrected chi connectivity index (χ1v) is 7.51. The van der Waals surface area contributed by atoms with Crippen LogP contribution < -0.4 is 0 Å². The molecule has 104 valence electrons. The standard InChI is InChI=1S/C4H12Si.2C3H7NO2/c1-3-5-4-2;2*1-4(2)3(5)6/h3-5H2,1-2H3;2*1-2H3,(H,5,6). The predicted molar refractivity (Wildman–Crippen MR) is 72.9 cm³/mol. The van der Waals surface area contributed by atoms with Gasteiger partial charge in [0.05, 0.1) is 0 Å². The molecule has 0 spiro atoms. The normalized spacial score (nSPS) is 7.88. The molecule has 0 aromatic heterocycles. The number of nitrogens with zero attached hydrogens (tertiary/aromatic N) is 2. The maximum Gasteiger partial charge on any atom is 0.406 e. The van der Waals surface area contributed by atoms with Gasteiger partial charge in [0.25, 0.3) is 0 Å². The third-order valence-electron chi connectivity index (χ3n) is 1.47. The van der Waals surface area contributed by atoms with Crippen molar-refractivity contribution in [1.82, 2.24) is 9.80 Å². The van der Waals surface area contributed by atoms with Crippen LogP contribution >= 0.6 is 0 Å². The Morgan fingerprint density at radius 1 is 0.882 bits per heavy atom. The molecule has 0 atom stereocenters. The minimum Gasteiger partial charge on any atom is -0.465 e. The van der Waals surface area contributed by atoms with Gasteiger partial charge >= 0.3 is 12.2 Å². The van der Waals surface area contributed by atoms with Gasteiger partial charge in [-0.2, -0.15) is 0 Å². The number of rotatable bonds is 2. The zero-order chi connectivity index (χ0) is 14.4. The second-order valence-corrected chi connectivity index (χ2v) is 6.41. The second kappa shape index (κ2) is 14.8. The molecule has 0 bridgehead atoms. The molecule has 0 aliphatic carbocycles. The molecule has 0 fully saturated rings. The summed E-state index contributed by atoms with van der Waals surface area (Å²) in [6.45, 7) is 4.55. The van der Waals surface area contributed by atoms with Crippen molar-refractivity contribution in [3.63, 3.8) is 0 Å². The number of amides is 2. The second-order valence-electron chi connectivity index (χ2n) is 3.71. The van der Waals surface area contributed by atoms with Crippen molar-refractivity contribution in [3.8, 4) is 0 Å². The first-order valence-electron chi connectivity index (χ1n) is 5.51. The lowest BCUT2D eigenvalue weighted by atomic mass is 10.9. The summed E-state index contributed by atoms with van der Waals surface area (Å²) in [7, 11) is 6.33. The lowest BCUT2D eigenvalue weighted by Crippen LogP contribution is -2.18. The van der Waals surface area contributed by atoms with Gasteiger partial charge in [0.15, 0.2) is 0 Å². The number of hydrogen-bond acceptors (Lipinski definition) is 2. The molecule has 0 aliphatic heterocycles. The Balaban J connectivity index is -0.000000174. The molecule has 0 rings (SSSR count). The molecule has 7 heteroatoms. The summed E-state index contributed by atoms with van der Waals surface area (Å²) in [6.07, 6.45) is -1.81. The van der Waals surface area contributed by atoms with E-state index in [0.29, 0.717) is 9.52 Å². The maximum absolute atomic E-state index is 9.62. The highest BCUT2D eigenvalue weighted by Gasteiger charge is 1.92. The van der Waals surface area contributed by atoms with Crippen LogP contribution in [0.15, 0.2) is 0 Å². The number of carbonyl (C=O) groups is 2. The Morgan fingerprint density at radius 2 is 1.06 bits per heavy atom. The Hall–Kier alpha value is -1.24. The van der Waals surface area contributed by atoms with E-state index in [1.54, 1.807) is 0 Å². The quantitative estimate of drug-likeness (QED) is 0.742. The van der Waals surface area contributed by atoms with Crippen molar-refractivity contribution in [2.45, 2.75) is 25.9 Å². The van der Waals surface area contributed by atoms with E-state index < -0.39 is 12.2 Å². The molecule has 6 nitrogen and oxygen atoms in total. The van der Waals surface area contributed by atoms with Crippen LogP contribution in [0.3, 0.4) is 0 Å². The van der Waals surface area contributed by atoms with E-state index in [4.69, 9.17) is 10.2 Å². The van der Waals surface area contributed by atoms with E-state index in [0.717, 1.165) is 9.80 Å². The smallest absolute Gasteiger partial charge is 0.406 e. The van der Waals surface area contributed by atoms with Gasteiger partial charge < -0.3 is 20.0 Å². The van der Waals surface area contributed by atoms with Gasteiger partial charge in [-0.15, -0.1) is 0 Å². The average molecular weight is 266 g/mol. The van der Waals surface area contributed by atoms with E-state index in [2.05, 4.69) is 13.8 Å². The minimum absolute atomic E-state index is 0.432. The van der Waals surface area contributed by atoms with Gasteiger partial charge in [-0.25, -0.2) is 9.59 Å². The van der Waals surface area contributed by atoms with E-state index >= 15 is 0 Å². The fourth-order valence-corrected chi connectivity index (χ4v) is 1.06. The van der Waals surface area contributed by atoms with Gasteiger partial charge in [-0.3, -0.25) is 0 Å². The van der Waals surface area contributed by atoms with E-state index in [9.17, 15) is 9.59 Å². The highest BCUT2D eigenvalue weighted by atomic mass is 28.2. The summed E-state index contributed by atoms with van der Waals surface area (Å²) in [5, 5.41) is 15.8. The molecule has 2 amide bonds. The van der Waals surface area contributed by atoms with E-state index in [-0.39, 0.29) is 0 Å². The van der Waals surface area contributed by atoms with Gasteiger partial charge in [0.1, 0.15) is 0 Å². The Labute approximate surface area is 106 Å². The summed E-state index contributed by atoms with van der Waals surface area (Å²) in [4.78, 5) is 21.4. The monoisotopic (exact) mass is 266 g/mol. The third kappa shape index (κ3) is 31.3. The van der Waals surface area contributed by atoms with Crippen LogP contribution in [0.1, 0.15) is 13.8 Å². The number of carboxylic acid groups (broad SMARTS) is 2. The van der Waals surface area contributed by atoms with Gasteiger partial charge in [-0.1, -0.05) is 25.9 Å². The fourth-order valence-electron chi connectivity index (χ4n) is 0.354. The molecule has 0 radical (unpaired) electrons. The molecular weight excluding hydrogens is 240 g/mol. The molecule has 0 saturated heterocycles. The van der Waals surface area contributed by atoms with Crippen molar-refractivity contribution < 1.29 is 19.8 Å². The first kappa shape index (κ1) is 21.1. The van der Waals surface area contributed by atoms with Gasteiger partial charge in [0.2, 0.25) is 0 Å². The molecule has 0 unspecified atom stereocenters. The van der Waals surface area contributed by atoms with E-state index in [1.807, 2.05) is 0 Å². The molecule has 0 aromatic carbocycles. The molecular formula is C10H26N2O4Si. The largest absolute Gasteiger partial charge is 0.465 e. The zero-order valence-corrected chi connectivity index (χ0v) is 13.1. The van der Waals surface area contributed by atoms with Crippen LogP contribution in [0.25, 0.3) is 0 Å². The van der Waals surface area contributed by atoms with Crippen molar-refractivity contribution in [2.24, 2.45) is 0 Å². The van der Waals surface area contributed by atoms with E-state index in [1.165, 1.54) is 40.3 Å². The molecule has 0 aromatic rings. The highest BCUT2D eigenvalue weighted by molar-refractivity contribution is 6.34. The van der Waals surface area contributed by atoms with Gasteiger partial charge in [-0.05, 0) is 0 Å². The number of hydrogen-bond donors (Lipinski definition) is 2. The van der Waals surface area contributed by atoms with Crippen LogP contribution in [-0.4, -0.2) is 69.9 Å². The fraction of sp³-hybridized carbons (Fsp3) is 0.800. The molecule has 0 saturated carbocycles. The summed E-state index contributed by atoms with van der Waals surface area (Å²) < 4.78 is 0. The first-order chi connectivity index (χ1) is 7.70. The van der Waals surface area contributed by atoms with Crippen molar-refractivity contribution in [2.75, 3.05) is 28.2 Å². The summed E-state index contributed by atoms with van der Waals surface area (Å²) in [5.74, 6) is 0. The van der Waals surface area contributed by atoms with Crippen molar-refractivity contribution in [3.05, 3.63) is 0 Å². The van der Waals surface area contributed by atoms with Gasteiger partial charge in [0, 0.05) is 37.7 Å². The average Bonchev–Trinajstić information content (AvgIpc) is 2.20. The van der Waals surface area contributed by atoms with Crippen LogP contribution in [0.4, 0.5) is 9.59 Å². The lowest BCUT2D eigenvalue weighted by molar-refractivity contribution is 0.164. The Morgan fingerprint density at radius 3 is 1.06 bits per heavy atom. The van der Waals surface area contributed by atoms with Crippen LogP contribution in [0.2, 0.25) is 12.1 Å². The summed E-state index contributed by atoms with van der Waals surface area (Å²) in [5.41, 5.74) is 0. The van der Waals surface area contributed by atoms with Crippen molar-refractivity contribution in [1.29, 1.82) is 0 Å². The SMILES string of the molecule is CC[SiH2]CC.CN(C)C(=O)O.CN(C)C(=O)O. The maximum atomic E-state index is 9.62. The Bertz CT molecular complexity index is 179. The highest BCUT2D eigenvalue weighted by Crippen LogP contribution is 1.77. The zero-order valence-electron chi connectivity index (χ0n) is 11.7. The third-order valence-corrected chi connectivity index (χ3v) is 2.89. The minimum atomic E-state index is -0.907. The molecule has 0 aliphatic rings. The van der Waals surface area contributed by atoms with Crippen LogP contribution in [0, 0.1) is 0 Å². The predicted octanol–water partition coefficient (Wildman–Crippen LogP) is 1.48. The van der Waals surface area contributed by atoms with Crippen LogP contribution in [-0.2, 0) is 0 Å². The van der Waals surface area contributed by atoms with Crippen molar-refractivity contribution >= 4 is 21.7 Å². The molecule has 2 N–H and O–H groups in total. The van der Waals surface area contributed by atoms with Crippen LogP contribution in [0.5, 0.6) is 0 Å².